The molecule has 0 N–H and O–H groups in total. The lowest BCUT2D eigenvalue weighted by Gasteiger charge is -2.26. The Hall–Kier alpha value is -3.63. The van der Waals surface area contributed by atoms with Gasteiger partial charge in [-0.15, -0.1) is 0 Å². The zero-order valence-corrected chi connectivity index (χ0v) is 20.9. The van der Waals surface area contributed by atoms with Crippen molar-refractivity contribution in [1.29, 1.82) is 0 Å². The third-order valence-corrected chi connectivity index (χ3v) is 8.14. The van der Waals surface area contributed by atoms with E-state index in [0.717, 1.165) is 12.1 Å². The van der Waals surface area contributed by atoms with Gasteiger partial charge in [0.1, 0.15) is 24.0 Å². The molecule has 3 aromatic rings. The molecule has 0 bridgehead atoms. The van der Waals surface area contributed by atoms with Gasteiger partial charge in [0.15, 0.2) is 15.6 Å². The normalized spacial score (nSPS) is 17.1. The van der Waals surface area contributed by atoms with Crippen molar-refractivity contribution in [3.05, 3.63) is 88.6 Å². The second kappa shape index (κ2) is 10.0. The van der Waals surface area contributed by atoms with Gasteiger partial charge in [-0.3, -0.25) is 9.69 Å². The van der Waals surface area contributed by atoms with E-state index in [9.17, 15) is 22.0 Å². The number of hydrogen-bond acceptors (Lipinski definition) is 7. The summed E-state index contributed by atoms with van der Waals surface area (Å²) in [7, 11) is -1.48. The monoisotopic (exact) mass is 526 g/mol. The number of nitrogens with zero attached hydrogens (tertiary/aromatic N) is 2. The van der Waals surface area contributed by atoms with E-state index in [1.807, 2.05) is 4.90 Å². The Morgan fingerprint density at radius 2 is 1.70 bits per heavy atom. The summed E-state index contributed by atoms with van der Waals surface area (Å²) < 4.78 is 62.8. The topological polar surface area (TPSA) is 85.8 Å². The molecule has 1 aliphatic carbocycles. The van der Waals surface area contributed by atoms with Crippen molar-refractivity contribution in [2.45, 2.75) is 0 Å². The van der Waals surface area contributed by atoms with E-state index in [1.165, 1.54) is 19.4 Å². The van der Waals surface area contributed by atoms with Gasteiger partial charge in [-0.2, -0.15) is 0 Å². The maximum Gasteiger partial charge on any atom is 0.212 e. The third-order valence-electron chi connectivity index (χ3n) is 6.53. The predicted molar refractivity (Wildman–Crippen MR) is 134 cm³/mol. The molecule has 1 saturated heterocycles. The van der Waals surface area contributed by atoms with Crippen LogP contribution in [0, 0.1) is 11.6 Å². The Morgan fingerprint density at radius 3 is 2.38 bits per heavy atom. The van der Waals surface area contributed by atoms with Gasteiger partial charge in [0.2, 0.25) is 5.88 Å². The third kappa shape index (κ3) is 5.12. The molecule has 192 valence electrons. The molecule has 0 radical (unpaired) electrons. The van der Waals surface area contributed by atoms with E-state index in [1.54, 1.807) is 30.3 Å². The maximum atomic E-state index is 14.9. The molecule has 1 aromatic heterocycles. The molecule has 2 aliphatic rings. The maximum absolute atomic E-state index is 14.9. The number of carbonyl (C=O) groups is 1. The molecule has 0 unspecified atom stereocenters. The lowest BCUT2D eigenvalue weighted by atomic mass is 9.94. The molecule has 0 saturated carbocycles. The van der Waals surface area contributed by atoms with Crippen LogP contribution in [0.3, 0.4) is 0 Å². The zero-order chi connectivity index (χ0) is 26.2. The summed E-state index contributed by atoms with van der Waals surface area (Å²) in [5, 5.41) is 0. The van der Waals surface area contributed by atoms with Gasteiger partial charge >= 0.3 is 0 Å². The number of Topliss-reactive ketones (excluding diaryl/α,β-unsaturated/α-hetero) is 1. The first-order valence-electron chi connectivity index (χ1n) is 11.7. The highest BCUT2D eigenvalue weighted by atomic mass is 32.2. The van der Waals surface area contributed by atoms with Gasteiger partial charge in [-0.1, -0.05) is 0 Å². The minimum Gasteiger partial charge on any atom is -0.492 e. The minimum absolute atomic E-state index is 0.105. The molecule has 5 rings (SSSR count). The standard InChI is InChI=1S/C27H24F2N2O5S/c1-35-24-7-2-17(16-30-24)25-26(21-5-3-18(28)14-23(21)29)20-6-4-19(15-22(20)27(25)32)36-11-8-31-9-12-37(33,34)13-10-31/h2-7,14-16H,8-13H2,1H3. The summed E-state index contributed by atoms with van der Waals surface area (Å²) in [6.45, 7) is 1.79. The average molecular weight is 527 g/mol. The number of carbonyl (C=O) groups excluding carboxylic acids is 1. The van der Waals surface area contributed by atoms with Crippen molar-refractivity contribution in [2.24, 2.45) is 0 Å². The van der Waals surface area contributed by atoms with Crippen LogP contribution in [-0.2, 0) is 9.84 Å². The zero-order valence-electron chi connectivity index (χ0n) is 20.0. The first kappa shape index (κ1) is 25.0. The van der Waals surface area contributed by atoms with E-state index in [2.05, 4.69) is 4.98 Å². The van der Waals surface area contributed by atoms with Crippen LogP contribution in [0.5, 0.6) is 11.6 Å². The van der Waals surface area contributed by atoms with Crippen molar-refractivity contribution in [1.82, 2.24) is 9.88 Å². The average Bonchev–Trinajstić information content (AvgIpc) is 3.16. The molecule has 0 atom stereocenters. The van der Waals surface area contributed by atoms with E-state index in [4.69, 9.17) is 9.47 Å². The molecule has 10 heteroatoms. The number of benzene rings is 2. The fourth-order valence-corrected chi connectivity index (χ4v) is 5.84. The molecular weight excluding hydrogens is 502 g/mol. The van der Waals surface area contributed by atoms with Crippen molar-refractivity contribution >= 4 is 26.8 Å². The van der Waals surface area contributed by atoms with Crippen molar-refractivity contribution in [3.63, 3.8) is 0 Å². The van der Waals surface area contributed by atoms with Gasteiger partial charge in [0.25, 0.3) is 0 Å². The minimum atomic E-state index is -2.96. The molecule has 0 amide bonds. The molecule has 7 nitrogen and oxygen atoms in total. The predicted octanol–water partition coefficient (Wildman–Crippen LogP) is 3.63. The Balaban J connectivity index is 1.44. The molecule has 37 heavy (non-hydrogen) atoms. The summed E-state index contributed by atoms with van der Waals surface area (Å²) in [6, 6.07) is 11.5. The Morgan fingerprint density at radius 1 is 0.946 bits per heavy atom. The van der Waals surface area contributed by atoms with Crippen molar-refractivity contribution in [3.8, 4) is 11.6 Å². The number of methoxy groups -OCH3 is 1. The lowest BCUT2D eigenvalue weighted by molar-refractivity contribution is 0.105. The second-order valence-corrected chi connectivity index (χ2v) is 11.1. The van der Waals surface area contributed by atoms with E-state index >= 15 is 0 Å². The van der Waals surface area contributed by atoms with Crippen LogP contribution in [0.4, 0.5) is 8.78 Å². The van der Waals surface area contributed by atoms with Gasteiger partial charge < -0.3 is 9.47 Å². The quantitative estimate of drug-likeness (QED) is 0.465. The molecule has 2 heterocycles. The second-order valence-electron chi connectivity index (χ2n) is 8.84. The van der Waals surface area contributed by atoms with Crippen LogP contribution < -0.4 is 9.47 Å². The Bertz CT molecular complexity index is 1490. The highest BCUT2D eigenvalue weighted by Gasteiger charge is 2.33. The van der Waals surface area contributed by atoms with Gasteiger partial charge in [0, 0.05) is 65.8 Å². The first-order valence-corrected chi connectivity index (χ1v) is 13.5. The molecule has 0 spiro atoms. The van der Waals surface area contributed by atoms with Crippen LogP contribution >= 0.6 is 0 Å². The number of pyridine rings is 1. The Labute approximate surface area is 213 Å². The molecule has 1 fully saturated rings. The number of halogens is 2. The number of ketones is 1. The number of allylic oxidation sites excluding steroid dienone is 1. The SMILES string of the molecule is COc1ccc(C2=C(c3ccc(F)cc3F)c3ccc(OCCN4CCS(=O)(=O)CC4)cc3C2=O)cn1. The number of aromatic nitrogens is 1. The number of sulfone groups is 1. The van der Waals surface area contributed by atoms with Crippen molar-refractivity contribution in [2.75, 3.05) is 44.9 Å². The number of hydrogen-bond donors (Lipinski definition) is 0. The molecule has 1 aliphatic heterocycles. The van der Waals surface area contributed by atoms with Gasteiger partial charge in [-0.25, -0.2) is 22.2 Å². The van der Waals surface area contributed by atoms with Crippen LogP contribution in [0.1, 0.15) is 27.0 Å². The summed E-state index contributed by atoms with van der Waals surface area (Å²) in [5.74, 6) is -0.719. The van der Waals surface area contributed by atoms with E-state index < -0.39 is 21.5 Å². The summed E-state index contributed by atoms with van der Waals surface area (Å²) in [5.41, 5.74) is 2.03. The molecule has 2 aromatic carbocycles. The van der Waals surface area contributed by atoms with Crippen LogP contribution in [0.2, 0.25) is 0 Å². The van der Waals surface area contributed by atoms with Crippen LogP contribution in [-0.4, -0.2) is 68.9 Å². The van der Waals surface area contributed by atoms with Crippen LogP contribution in [0.25, 0.3) is 11.1 Å². The number of ether oxygens (including phenoxy) is 2. The lowest BCUT2D eigenvalue weighted by Crippen LogP contribution is -2.42. The largest absolute Gasteiger partial charge is 0.492 e. The van der Waals surface area contributed by atoms with Crippen LogP contribution in [0.15, 0.2) is 54.7 Å². The summed E-state index contributed by atoms with van der Waals surface area (Å²) >= 11 is 0. The fraction of sp³-hybridized carbons (Fsp3) is 0.259. The summed E-state index contributed by atoms with van der Waals surface area (Å²) in [4.78, 5) is 19.8. The smallest absolute Gasteiger partial charge is 0.212 e. The van der Waals surface area contributed by atoms with Gasteiger partial charge in [-0.05, 0) is 42.0 Å². The van der Waals surface area contributed by atoms with E-state index in [0.29, 0.717) is 60.1 Å². The number of fused-ring (bicyclic) bond motifs is 1. The van der Waals surface area contributed by atoms with Gasteiger partial charge in [0.05, 0.1) is 18.6 Å². The Kier molecular flexibility index (Phi) is 6.78. The fourth-order valence-electron chi connectivity index (χ4n) is 4.56. The molecular formula is C27H24F2N2O5S. The number of rotatable bonds is 7. The first-order chi connectivity index (χ1) is 17.8. The van der Waals surface area contributed by atoms with Crippen molar-refractivity contribution < 1.29 is 31.5 Å². The van der Waals surface area contributed by atoms with E-state index in [-0.39, 0.29) is 28.4 Å². The summed E-state index contributed by atoms with van der Waals surface area (Å²) in [6.07, 6.45) is 1.48. The highest BCUT2D eigenvalue weighted by molar-refractivity contribution is 7.91. The highest BCUT2D eigenvalue weighted by Crippen LogP contribution is 2.44.